The molecule has 0 amide bonds. The zero-order valence-corrected chi connectivity index (χ0v) is 16.5. The highest BCUT2D eigenvalue weighted by molar-refractivity contribution is 5.34. The first-order chi connectivity index (χ1) is 11.3. The minimum absolute atomic E-state index is 0.447. The second-order valence-electron chi connectivity index (χ2n) is 9.19. The van der Waals surface area contributed by atoms with Gasteiger partial charge in [0.25, 0.3) is 0 Å². The van der Waals surface area contributed by atoms with Crippen molar-refractivity contribution in [2.45, 2.75) is 79.6 Å². The number of allylic oxidation sites excluding steroid dienone is 7. The third kappa shape index (κ3) is 3.09. The van der Waals surface area contributed by atoms with Crippen LogP contribution in [-0.4, -0.2) is 0 Å². The van der Waals surface area contributed by atoms with Gasteiger partial charge in [-0.1, -0.05) is 67.4 Å². The van der Waals surface area contributed by atoms with Gasteiger partial charge in [-0.2, -0.15) is 0 Å². The number of hydrogen-bond donors (Lipinski definition) is 0. The van der Waals surface area contributed by atoms with Gasteiger partial charge in [0.15, 0.2) is 0 Å². The summed E-state index contributed by atoms with van der Waals surface area (Å²) in [6, 6.07) is 0. The Labute approximate surface area is 149 Å². The summed E-state index contributed by atoms with van der Waals surface area (Å²) in [4.78, 5) is 0. The van der Waals surface area contributed by atoms with Gasteiger partial charge < -0.3 is 0 Å². The second kappa shape index (κ2) is 6.70. The van der Waals surface area contributed by atoms with E-state index in [1.165, 1.54) is 50.5 Å². The van der Waals surface area contributed by atoms with Gasteiger partial charge in [-0.05, 0) is 82.0 Å². The zero-order chi connectivity index (χ0) is 17.5. The van der Waals surface area contributed by atoms with Crippen LogP contribution in [0.5, 0.6) is 0 Å². The second-order valence-corrected chi connectivity index (χ2v) is 9.19. The van der Waals surface area contributed by atoms with Crippen molar-refractivity contribution in [1.82, 2.24) is 0 Å². The Bertz CT molecular complexity index is 592. The molecule has 3 aliphatic carbocycles. The molecule has 0 nitrogen and oxygen atoms in total. The molecule has 132 valence electrons. The molecule has 3 saturated carbocycles. The quantitative estimate of drug-likeness (QED) is 0.441. The first kappa shape index (κ1) is 17.8. The van der Waals surface area contributed by atoms with Gasteiger partial charge in [0.05, 0.1) is 0 Å². The van der Waals surface area contributed by atoms with E-state index in [1.807, 2.05) is 0 Å². The molecule has 4 atom stereocenters. The van der Waals surface area contributed by atoms with Crippen molar-refractivity contribution in [3.63, 3.8) is 0 Å². The highest BCUT2D eigenvalue weighted by Crippen LogP contribution is 2.57. The van der Waals surface area contributed by atoms with Gasteiger partial charge in [0.1, 0.15) is 0 Å². The van der Waals surface area contributed by atoms with Crippen molar-refractivity contribution in [2.24, 2.45) is 23.2 Å². The van der Waals surface area contributed by atoms with Crippen LogP contribution in [0.15, 0.2) is 46.6 Å². The molecule has 0 aromatic rings. The van der Waals surface area contributed by atoms with Crippen molar-refractivity contribution in [3.05, 3.63) is 46.6 Å². The maximum Gasteiger partial charge on any atom is -0.00482 e. The summed E-state index contributed by atoms with van der Waals surface area (Å²) in [7, 11) is 0. The lowest BCUT2D eigenvalue weighted by molar-refractivity contribution is 0.245. The number of rotatable bonds is 1. The molecular formula is C24H36. The minimum Gasteiger partial charge on any atom is -0.0993 e. The van der Waals surface area contributed by atoms with E-state index in [0.29, 0.717) is 17.3 Å². The molecule has 0 heteroatoms. The summed E-state index contributed by atoms with van der Waals surface area (Å²) in [6.45, 7) is 16.2. The minimum atomic E-state index is 0.447. The summed E-state index contributed by atoms with van der Waals surface area (Å²) < 4.78 is 0. The molecule has 0 aromatic heterocycles. The molecule has 0 heterocycles. The molecule has 0 aromatic carbocycles. The predicted molar refractivity (Wildman–Crippen MR) is 106 cm³/mol. The molecule has 24 heavy (non-hydrogen) atoms. The van der Waals surface area contributed by atoms with E-state index in [9.17, 15) is 0 Å². The van der Waals surface area contributed by atoms with Crippen molar-refractivity contribution in [1.29, 1.82) is 0 Å². The molecule has 0 radical (unpaired) electrons. The third-order valence-electron chi connectivity index (χ3n) is 7.29. The highest BCUT2D eigenvalue weighted by Gasteiger charge is 2.46. The zero-order valence-electron chi connectivity index (χ0n) is 16.5. The van der Waals surface area contributed by atoms with Crippen molar-refractivity contribution >= 4 is 0 Å². The van der Waals surface area contributed by atoms with E-state index in [1.54, 1.807) is 22.3 Å². The van der Waals surface area contributed by atoms with Gasteiger partial charge in [0.2, 0.25) is 0 Å². The molecule has 3 rings (SSSR count). The van der Waals surface area contributed by atoms with Gasteiger partial charge in [-0.3, -0.25) is 0 Å². The van der Waals surface area contributed by atoms with Crippen LogP contribution in [0.3, 0.4) is 0 Å². The summed E-state index contributed by atoms with van der Waals surface area (Å²) >= 11 is 0. The maximum absolute atomic E-state index is 4.29. The van der Waals surface area contributed by atoms with E-state index in [4.69, 9.17) is 0 Å². The Kier molecular flexibility index (Phi) is 4.96. The van der Waals surface area contributed by atoms with Crippen LogP contribution in [0.2, 0.25) is 0 Å². The van der Waals surface area contributed by atoms with Gasteiger partial charge in [-0.25, -0.2) is 0 Å². The van der Waals surface area contributed by atoms with Crippen LogP contribution >= 0.6 is 0 Å². The fraction of sp³-hybridized carbons (Fsp3) is 0.667. The van der Waals surface area contributed by atoms with E-state index < -0.39 is 0 Å². The van der Waals surface area contributed by atoms with Crippen LogP contribution in [0.4, 0.5) is 0 Å². The largest absolute Gasteiger partial charge is 0.0993 e. The Morgan fingerprint density at radius 3 is 2.38 bits per heavy atom. The normalized spacial score (nSPS) is 38.5. The smallest absolute Gasteiger partial charge is 0.00482 e. The molecule has 0 bridgehead atoms. The topological polar surface area (TPSA) is 0 Å². The lowest BCUT2D eigenvalue weighted by Gasteiger charge is -2.40. The monoisotopic (exact) mass is 324 g/mol. The maximum atomic E-state index is 4.29. The molecule has 3 fully saturated rings. The fourth-order valence-electron chi connectivity index (χ4n) is 5.86. The van der Waals surface area contributed by atoms with Crippen LogP contribution in [0.25, 0.3) is 0 Å². The van der Waals surface area contributed by atoms with Crippen LogP contribution in [0, 0.1) is 23.2 Å². The lowest BCUT2D eigenvalue weighted by atomic mass is 9.65. The predicted octanol–water partition coefficient (Wildman–Crippen LogP) is 7.40. The van der Waals surface area contributed by atoms with E-state index >= 15 is 0 Å². The Hall–Kier alpha value is -1.04. The number of hydrogen-bond acceptors (Lipinski definition) is 0. The molecule has 0 unspecified atom stereocenters. The van der Waals surface area contributed by atoms with Gasteiger partial charge >= 0.3 is 0 Å². The van der Waals surface area contributed by atoms with E-state index in [-0.39, 0.29) is 0 Å². The van der Waals surface area contributed by atoms with Crippen molar-refractivity contribution < 1.29 is 0 Å². The average molecular weight is 325 g/mol. The first-order valence-electron chi connectivity index (χ1n) is 10.1. The Morgan fingerprint density at radius 1 is 1.08 bits per heavy atom. The number of fused-ring (bicyclic) bond motifs is 1. The van der Waals surface area contributed by atoms with Crippen LogP contribution < -0.4 is 0 Å². The molecule has 0 spiro atoms. The van der Waals surface area contributed by atoms with Crippen molar-refractivity contribution in [3.8, 4) is 0 Å². The summed E-state index contributed by atoms with van der Waals surface area (Å²) in [5.41, 5.74) is 8.62. The Balaban J connectivity index is 1.83. The van der Waals surface area contributed by atoms with Gasteiger partial charge in [0, 0.05) is 0 Å². The standard InChI is InChI=1S/C24H36/c1-16(2)22-11-12-23-21(8-7-13-24(22,23)6)10-9-20-14-17(3)19(5)18(4)15-20/h9-10,17-18,23H,5,7-8,11-15H2,1-4,6H3/b21-10+/t17-,18-,23+,24-/m1/s1. The summed E-state index contributed by atoms with van der Waals surface area (Å²) in [5.74, 6) is 2.10. The fourth-order valence-corrected chi connectivity index (χ4v) is 5.86. The van der Waals surface area contributed by atoms with Gasteiger partial charge in [-0.15, -0.1) is 0 Å². The Morgan fingerprint density at radius 2 is 1.75 bits per heavy atom. The SMILES string of the molecule is C=C1[C@H](C)CC(=C/C=C2\CCC[C@]3(C)C(=C(C)C)CC[C@@H]23)C[C@H]1C. The van der Waals surface area contributed by atoms with E-state index in [2.05, 4.69) is 53.3 Å². The average Bonchev–Trinajstić information content (AvgIpc) is 2.88. The molecule has 0 aliphatic heterocycles. The van der Waals surface area contributed by atoms with Crippen LogP contribution in [-0.2, 0) is 0 Å². The summed E-state index contributed by atoms with van der Waals surface area (Å²) in [5, 5.41) is 0. The molecule has 3 aliphatic rings. The molecular weight excluding hydrogens is 288 g/mol. The van der Waals surface area contributed by atoms with Crippen LogP contribution in [0.1, 0.15) is 79.6 Å². The van der Waals surface area contributed by atoms with Crippen molar-refractivity contribution in [2.75, 3.05) is 0 Å². The lowest BCUT2D eigenvalue weighted by Crippen LogP contribution is -2.29. The summed E-state index contributed by atoms with van der Waals surface area (Å²) in [6.07, 6.45) is 14.2. The first-order valence-corrected chi connectivity index (χ1v) is 10.1. The third-order valence-corrected chi connectivity index (χ3v) is 7.29. The highest BCUT2D eigenvalue weighted by atomic mass is 14.5. The van der Waals surface area contributed by atoms with E-state index in [0.717, 1.165) is 5.92 Å². The molecule has 0 N–H and O–H groups in total. The molecule has 0 saturated heterocycles.